The zero-order chi connectivity index (χ0) is 21.3. The van der Waals surface area contributed by atoms with Crippen LogP contribution in [-0.4, -0.2) is 44.8 Å². The zero-order valence-corrected chi connectivity index (χ0v) is 19.5. The number of aromatic nitrogens is 2. The fourth-order valence-corrected chi connectivity index (χ4v) is 3.81. The standard InChI is InChI=1S/2C10H11N3OS.Co/c2*1-7(6-14)12-13-10-11-8-4-2-3-5-9(8)15-10;/h2*2-5,14H,6H2,1H3,(H,11,13);/q;;+2/b2*12-7+;. The van der Waals surface area contributed by atoms with E-state index < -0.39 is 0 Å². The number of aliphatic hydroxyl groups is 2. The van der Waals surface area contributed by atoms with Crippen LogP contribution in [0, 0.1) is 0 Å². The van der Waals surface area contributed by atoms with E-state index in [1.54, 1.807) is 13.8 Å². The quantitative estimate of drug-likeness (QED) is 0.233. The number of aliphatic hydroxyl groups excluding tert-OH is 2. The second kappa shape index (κ2) is 12.4. The summed E-state index contributed by atoms with van der Waals surface area (Å²) in [5.41, 5.74) is 8.83. The first-order valence-electron chi connectivity index (χ1n) is 9.10. The Morgan fingerprint density at radius 3 is 1.52 bits per heavy atom. The van der Waals surface area contributed by atoms with Crippen LogP contribution in [0.3, 0.4) is 0 Å². The Morgan fingerprint density at radius 1 is 0.774 bits per heavy atom. The van der Waals surface area contributed by atoms with E-state index in [-0.39, 0.29) is 30.0 Å². The molecule has 0 saturated carbocycles. The van der Waals surface area contributed by atoms with Crippen LogP contribution < -0.4 is 10.9 Å². The van der Waals surface area contributed by atoms with E-state index >= 15 is 0 Å². The minimum Gasteiger partial charge on any atom is -0.390 e. The third-order valence-corrected chi connectivity index (χ3v) is 5.61. The van der Waals surface area contributed by atoms with Gasteiger partial charge in [-0.2, -0.15) is 10.2 Å². The second-order valence-electron chi connectivity index (χ2n) is 6.21. The van der Waals surface area contributed by atoms with Gasteiger partial charge in [0.2, 0.25) is 10.3 Å². The maximum Gasteiger partial charge on any atom is 2.00 e. The van der Waals surface area contributed by atoms with Crippen LogP contribution in [0.15, 0.2) is 58.7 Å². The molecule has 4 rings (SSSR count). The molecule has 163 valence electrons. The van der Waals surface area contributed by atoms with Crippen LogP contribution in [0.5, 0.6) is 0 Å². The van der Waals surface area contributed by atoms with Crippen LogP contribution in [0.4, 0.5) is 10.3 Å². The largest absolute Gasteiger partial charge is 2.00 e. The van der Waals surface area contributed by atoms with Crippen LogP contribution in [-0.2, 0) is 16.8 Å². The Kier molecular flexibility index (Phi) is 9.98. The first kappa shape index (κ1) is 24.9. The number of rotatable bonds is 6. The number of para-hydroxylation sites is 2. The summed E-state index contributed by atoms with van der Waals surface area (Å²) < 4.78 is 2.24. The van der Waals surface area contributed by atoms with Gasteiger partial charge in [0.1, 0.15) is 0 Å². The summed E-state index contributed by atoms with van der Waals surface area (Å²) in [6.45, 7) is 3.41. The normalized spacial score (nSPS) is 11.6. The molecule has 0 bridgehead atoms. The third kappa shape index (κ3) is 7.34. The third-order valence-electron chi connectivity index (χ3n) is 3.73. The van der Waals surface area contributed by atoms with E-state index in [0.29, 0.717) is 11.4 Å². The minimum atomic E-state index is -0.0438. The first-order valence-corrected chi connectivity index (χ1v) is 10.7. The molecule has 1 radical (unpaired) electrons. The predicted molar refractivity (Wildman–Crippen MR) is 127 cm³/mol. The Labute approximate surface area is 198 Å². The molecule has 2 aromatic carbocycles. The van der Waals surface area contributed by atoms with Gasteiger partial charge >= 0.3 is 16.8 Å². The molecule has 0 saturated heterocycles. The monoisotopic (exact) mass is 501 g/mol. The molecule has 2 heterocycles. The van der Waals surface area contributed by atoms with Crippen LogP contribution in [0.1, 0.15) is 13.8 Å². The number of hydrazone groups is 2. The molecule has 0 aliphatic rings. The molecule has 0 aliphatic carbocycles. The molecule has 0 amide bonds. The van der Waals surface area contributed by atoms with Crippen molar-refractivity contribution < 1.29 is 27.0 Å². The van der Waals surface area contributed by atoms with Crippen molar-refractivity contribution in [2.75, 3.05) is 24.1 Å². The Balaban J connectivity index is 0.000000213. The van der Waals surface area contributed by atoms with Gasteiger partial charge in [0.05, 0.1) is 45.1 Å². The molecule has 0 aliphatic heterocycles. The summed E-state index contributed by atoms with van der Waals surface area (Å²) >= 11 is 3.08. The number of anilines is 2. The Bertz CT molecular complexity index is 1020. The molecular weight excluding hydrogens is 479 g/mol. The molecule has 2 aromatic heterocycles. The summed E-state index contributed by atoms with van der Waals surface area (Å²) in [5, 5.41) is 27.0. The average Bonchev–Trinajstić information content (AvgIpc) is 3.39. The summed E-state index contributed by atoms with van der Waals surface area (Å²) in [5.74, 6) is 0. The van der Waals surface area contributed by atoms with Crippen molar-refractivity contribution in [2.24, 2.45) is 10.2 Å². The maximum absolute atomic E-state index is 8.76. The van der Waals surface area contributed by atoms with Crippen molar-refractivity contribution in [1.82, 2.24) is 9.97 Å². The summed E-state index contributed by atoms with van der Waals surface area (Å²) in [6, 6.07) is 15.8. The average molecular weight is 502 g/mol. The number of hydrogen-bond donors (Lipinski definition) is 4. The number of nitrogens with one attached hydrogen (secondary N) is 2. The van der Waals surface area contributed by atoms with Crippen molar-refractivity contribution >= 4 is 64.8 Å². The molecular formula is C20H22CoN6O2S2+2. The molecule has 31 heavy (non-hydrogen) atoms. The summed E-state index contributed by atoms with van der Waals surface area (Å²) in [7, 11) is 0. The molecule has 0 atom stereocenters. The van der Waals surface area contributed by atoms with E-state index in [2.05, 4.69) is 31.0 Å². The van der Waals surface area contributed by atoms with Gasteiger partial charge in [0.15, 0.2) is 0 Å². The van der Waals surface area contributed by atoms with Gasteiger partial charge in [-0.05, 0) is 38.1 Å². The van der Waals surface area contributed by atoms with Gasteiger partial charge < -0.3 is 10.2 Å². The predicted octanol–water partition coefficient (Wildman–Crippen LogP) is 4.15. The van der Waals surface area contributed by atoms with Crippen LogP contribution in [0.2, 0.25) is 0 Å². The topological polar surface area (TPSA) is 115 Å². The maximum atomic E-state index is 8.76. The van der Waals surface area contributed by atoms with Crippen molar-refractivity contribution in [3.63, 3.8) is 0 Å². The van der Waals surface area contributed by atoms with E-state index in [0.717, 1.165) is 30.7 Å². The van der Waals surface area contributed by atoms with Gasteiger partial charge in [-0.1, -0.05) is 46.9 Å². The van der Waals surface area contributed by atoms with Gasteiger partial charge in [0.25, 0.3) is 0 Å². The van der Waals surface area contributed by atoms with Crippen molar-refractivity contribution in [3.8, 4) is 0 Å². The SMILES string of the molecule is C/C(CO)=N\Nc1nc2ccccc2s1.C/C(CO)=N\Nc1nc2ccccc2s1.[Co+2]. The molecule has 0 unspecified atom stereocenters. The Hall–Kier alpha value is -2.41. The van der Waals surface area contributed by atoms with Crippen molar-refractivity contribution in [3.05, 3.63) is 48.5 Å². The minimum absolute atomic E-state index is 0. The summed E-state index contributed by atoms with van der Waals surface area (Å²) in [6.07, 6.45) is 0. The van der Waals surface area contributed by atoms with Crippen molar-refractivity contribution in [1.29, 1.82) is 0 Å². The molecule has 0 spiro atoms. The van der Waals surface area contributed by atoms with E-state index in [1.165, 1.54) is 22.7 Å². The fourth-order valence-electron chi connectivity index (χ4n) is 2.20. The summed E-state index contributed by atoms with van der Waals surface area (Å²) in [4.78, 5) is 8.68. The van der Waals surface area contributed by atoms with E-state index in [9.17, 15) is 0 Å². The van der Waals surface area contributed by atoms with Gasteiger partial charge in [-0.15, -0.1) is 0 Å². The Morgan fingerprint density at radius 2 is 1.16 bits per heavy atom. The fraction of sp³-hybridized carbons (Fsp3) is 0.200. The van der Waals surface area contributed by atoms with Crippen LogP contribution in [0.25, 0.3) is 20.4 Å². The molecule has 0 fully saturated rings. The van der Waals surface area contributed by atoms with Crippen molar-refractivity contribution in [2.45, 2.75) is 13.8 Å². The van der Waals surface area contributed by atoms with Gasteiger partial charge in [-0.3, -0.25) is 10.9 Å². The zero-order valence-electron chi connectivity index (χ0n) is 16.9. The number of fused-ring (bicyclic) bond motifs is 2. The number of thiazole rings is 2. The first-order chi connectivity index (χ1) is 14.6. The molecule has 8 nitrogen and oxygen atoms in total. The number of hydrogen-bond acceptors (Lipinski definition) is 10. The molecule has 11 heteroatoms. The second-order valence-corrected chi connectivity index (χ2v) is 8.27. The van der Waals surface area contributed by atoms with Gasteiger partial charge in [-0.25, -0.2) is 9.97 Å². The smallest absolute Gasteiger partial charge is 0.390 e. The van der Waals surface area contributed by atoms with Crippen LogP contribution >= 0.6 is 22.7 Å². The van der Waals surface area contributed by atoms with Gasteiger partial charge in [0, 0.05) is 0 Å². The molecule has 4 aromatic rings. The van der Waals surface area contributed by atoms with E-state index in [1.807, 2.05) is 48.5 Å². The molecule has 4 N–H and O–H groups in total. The number of nitrogens with zero attached hydrogens (tertiary/aromatic N) is 4. The number of benzene rings is 2. The van der Waals surface area contributed by atoms with E-state index in [4.69, 9.17) is 10.2 Å².